The molecule has 2 aliphatic heterocycles. The maximum absolute atomic E-state index is 6.00. The summed E-state index contributed by atoms with van der Waals surface area (Å²) in [6.45, 7) is 4.85. The minimum atomic E-state index is 0.189. The number of ether oxygens (including phenoxy) is 2. The summed E-state index contributed by atoms with van der Waals surface area (Å²) in [5, 5.41) is 0. The van der Waals surface area contributed by atoms with E-state index >= 15 is 0 Å². The molecule has 3 rings (SSSR count). The van der Waals surface area contributed by atoms with Crippen molar-refractivity contribution in [2.75, 3.05) is 33.4 Å². The van der Waals surface area contributed by atoms with Crippen molar-refractivity contribution in [3.05, 3.63) is 24.2 Å². The van der Waals surface area contributed by atoms with Gasteiger partial charge in [-0.25, -0.2) is 0 Å². The monoisotopic (exact) mass is 265 g/mol. The van der Waals surface area contributed by atoms with Crippen LogP contribution in [0.15, 0.2) is 23.0 Å². The number of hydrogen-bond acceptors (Lipinski definition) is 4. The minimum absolute atomic E-state index is 0.189. The lowest BCUT2D eigenvalue weighted by Gasteiger charge is -2.50. The molecule has 0 aromatic carbocycles. The lowest BCUT2D eigenvalue weighted by atomic mass is 9.73. The van der Waals surface area contributed by atoms with Crippen molar-refractivity contribution in [1.29, 1.82) is 0 Å². The van der Waals surface area contributed by atoms with Gasteiger partial charge in [0.1, 0.15) is 0 Å². The highest BCUT2D eigenvalue weighted by molar-refractivity contribution is 5.06. The summed E-state index contributed by atoms with van der Waals surface area (Å²) < 4.78 is 16.7. The zero-order chi connectivity index (χ0) is 13.1. The molecule has 0 amide bonds. The van der Waals surface area contributed by atoms with Crippen LogP contribution in [0.2, 0.25) is 0 Å². The normalized spacial score (nSPS) is 32.2. The van der Waals surface area contributed by atoms with Crippen LogP contribution in [0, 0.1) is 5.41 Å². The molecule has 0 saturated carbocycles. The number of nitrogens with zero attached hydrogens (tertiary/aromatic N) is 1. The van der Waals surface area contributed by atoms with E-state index in [4.69, 9.17) is 13.9 Å². The number of fused-ring (bicyclic) bond motifs is 1. The summed E-state index contributed by atoms with van der Waals surface area (Å²) in [7, 11) is 1.80. The molecule has 0 aliphatic carbocycles. The van der Waals surface area contributed by atoms with Crippen LogP contribution in [-0.2, 0) is 16.0 Å². The van der Waals surface area contributed by atoms with Crippen molar-refractivity contribution in [2.24, 2.45) is 5.41 Å². The Morgan fingerprint density at radius 1 is 1.53 bits per heavy atom. The van der Waals surface area contributed by atoms with E-state index in [-0.39, 0.29) is 5.41 Å². The SMILES string of the molecule is COCC12CCCOC1CCN(Cc1ccoc1)C2. The van der Waals surface area contributed by atoms with Gasteiger partial charge in [0, 0.05) is 44.3 Å². The number of piperidine rings is 1. The Morgan fingerprint density at radius 2 is 2.47 bits per heavy atom. The van der Waals surface area contributed by atoms with Crippen LogP contribution in [0.3, 0.4) is 0 Å². The average Bonchev–Trinajstić information content (AvgIpc) is 2.91. The third-order valence-corrected chi connectivity index (χ3v) is 4.49. The van der Waals surface area contributed by atoms with E-state index in [1.807, 2.05) is 12.3 Å². The molecule has 2 aliphatic rings. The molecule has 19 heavy (non-hydrogen) atoms. The second-order valence-electron chi connectivity index (χ2n) is 5.89. The predicted molar refractivity (Wildman–Crippen MR) is 71.9 cm³/mol. The van der Waals surface area contributed by atoms with E-state index in [1.165, 1.54) is 12.0 Å². The molecule has 0 N–H and O–H groups in total. The molecule has 1 aromatic heterocycles. The first kappa shape index (κ1) is 13.2. The highest BCUT2D eigenvalue weighted by Gasteiger charge is 2.45. The van der Waals surface area contributed by atoms with E-state index in [1.54, 1.807) is 13.4 Å². The fraction of sp³-hybridized carbons (Fsp3) is 0.733. The van der Waals surface area contributed by atoms with Gasteiger partial charge in [-0.2, -0.15) is 0 Å². The Hall–Kier alpha value is -0.840. The summed E-state index contributed by atoms with van der Waals surface area (Å²) in [6, 6.07) is 2.05. The summed E-state index contributed by atoms with van der Waals surface area (Å²) in [6.07, 6.45) is 7.44. The largest absolute Gasteiger partial charge is 0.472 e. The topological polar surface area (TPSA) is 34.8 Å². The molecule has 106 valence electrons. The van der Waals surface area contributed by atoms with Crippen molar-refractivity contribution in [1.82, 2.24) is 4.90 Å². The second kappa shape index (κ2) is 5.65. The summed E-state index contributed by atoms with van der Waals surface area (Å²) in [5.41, 5.74) is 1.44. The molecule has 2 unspecified atom stereocenters. The van der Waals surface area contributed by atoms with Gasteiger partial charge in [0.15, 0.2) is 0 Å². The van der Waals surface area contributed by atoms with Gasteiger partial charge in [0.05, 0.1) is 25.2 Å². The van der Waals surface area contributed by atoms with Gasteiger partial charge in [0.25, 0.3) is 0 Å². The van der Waals surface area contributed by atoms with Gasteiger partial charge < -0.3 is 13.9 Å². The average molecular weight is 265 g/mol. The molecule has 0 radical (unpaired) electrons. The number of furan rings is 1. The smallest absolute Gasteiger partial charge is 0.0947 e. The van der Waals surface area contributed by atoms with E-state index < -0.39 is 0 Å². The van der Waals surface area contributed by atoms with Crippen LogP contribution in [0.1, 0.15) is 24.8 Å². The van der Waals surface area contributed by atoms with Crippen molar-refractivity contribution >= 4 is 0 Å². The Balaban J connectivity index is 1.69. The van der Waals surface area contributed by atoms with Crippen molar-refractivity contribution in [2.45, 2.75) is 31.9 Å². The Labute approximate surface area is 114 Å². The lowest BCUT2D eigenvalue weighted by molar-refractivity contribution is -0.149. The van der Waals surface area contributed by atoms with Crippen molar-refractivity contribution in [3.8, 4) is 0 Å². The zero-order valence-corrected chi connectivity index (χ0v) is 11.6. The van der Waals surface area contributed by atoms with Crippen LogP contribution in [0.25, 0.3) is 0 Å². The molecule has 2 fully saturated rings. The highest BCUT2D eigenvalue weighted by atomic mass is 16.5. The third-order valence-electron chi connectivity index (χ3n) is 4.49. The minimum Gasteiger partial charge on any atom is -0.472 e. The Morgan fingerprint density at radius 3 is 3.26 bits per heavy atom. The summed E-state index contributed by atoms with van der Waals surface area (Å²) in [5.74, 6) is 0. The van der Waals surface area contributed by atoms with Gasteiger partial charge in [-0.1, -0.05) is 0 Å². The van der Waals surface area contributed by atoms with Crippen LogP contribution < -0.4 is 0 Å². The Bertz CT molecular complexity index is 388. The molecule has 0 spiro atoms. The van der Waals surface area contributed by atoms with Gasteiger partial charge in [0.2, 0.25) is 0 Å². The molecule has 0 bridgehead atoms. The number of rotatable bonds is 4. The predicted octanol–water partition coefficient (Wildman–Crippen LogP) is 2.30. The number of methoxy groups -OCH3 is 1. The van der Waals surface area contributed by atoms with E-state index in [2.05, 4.69) is 4.90 Å². The maximum atomic E-state index is 6.00. The molecular weight excluding hydrogens is 242 g/mol. The third kappa shape index (κ3) is 2.71. The first-order chi connectivity index (χ1) is 9.32. The van der Waals surface area contributed by atoms with Crippen LogP contribution in [0.5, 0.6) is 0 Å². The van der Waals surface area contributed by atoms with E-state index in [9.17, 15) is 0 Å². The second-order valence-corrected chi connectivity index (χ2v) is 5.89. The van der Waals surface area contributed by atoms with Crippen molar-refractivity contribution in [3.63, 3.8) is 0 Å². The highest BCUT2D eigenvalue weighted by Crippen LogP contribution is 2.40. The molecule has 4 heteroatoms. The number of likely N-dealkylation sites (tertiary alicyclic amines) is 1. The molecule has 4 nitrogen and oxygen atoms in total. The number of hydrogen-bond donors (Lipinski definition) is 0. The van der Waals surface area contributed by atoms with Gasteiger partial charge in [-0.15, -0.1) is 0 Å². The molecule has 2 saturated heterocycles. The van der Waals surface area contributed by atoms with E-state index in [0.29, 0.717) is 6.10 Å². The van der Waals surface area contributed by atoms with E-state index in [0.717, 1.165) is 45.7 Å². The quantitative estimate of drug-likeness (QED) is 0.836. The van der Waals surface area contributed by atoms with Gasteiger partial charge >= 0.3 is 0 Å². The lowest BCUT2D eigenvalue weighted by Crippen LogP contribution is -2.56. The molecule has 2 atom stereocenters. The first-order valence-corrected chi connectivity index (χ1v) is 7.16. The zero-order valence-electron chi connectivity index (χ0n) is 11.6. The summed E-state index contributed by atoms with van der Waals surface area (Å²) in [4.78, 5) is 2.51. The molecule has 1 aromatic rings. The van der Waals surface area contributed by atoms with Crippen LogP contribution in [0.4, 0.5) is 0 Å². The first-order valence-electron chi connectivity index (χ1n) is 7.16. The van der Waals surface area contributed by atoms with Gasteiger partial charge in [-0.3, -0.25) is 4.90 Å². The Kier molecular flexibility index (Phi) is 3.91. The standard InChI is InChI=1S/C15H23NO3/c1-17-12-15-5-2-7-19-14(15)3-6-16(11-15)9-13-4-8-18-10-13/h4,8,10,14H,2-3,5-7,9,11-12H2,1H3. The summed E-state index contributed by atoms with van der Waals surface area (Å²) >= 11 is 0. The van der Waals surface area contributed by atoms with Crippen LogP contribution >= 0.6 is 0 Å². The van der Waals surface area contributed by atoms with Crippen molar-refractivity contribution < 1.29 is 13.9 Å². The maximum Gasteiger partial charge on any atom is 0.0947 e. The van der Waals surface area contributed by atoms with Gasteiger partial charge in [-0.05, 0) is 25.3 Å². The molecule has 3 heterocycles. The fourth-order valence-corrected chi connectivity index (χ4v) is 3.66. The van der Waals surface area contributed by atoms with Crippen LogP contribution in [-0.4, -0.2) is 44.4 Å². The molecular formula is C15H23NO3. The fourth-order valence-electron chi connectivity index (χ4n) is 3.66.